The van der Waals surface area contributed by atoms with Crippen molar-refractivity contribution in [2.75, 3.05) is 5.75 Å². The molecule has 5 nitrogen and oxygen atoms in total. The highest BCUT2D eigenvalue weighted by Gasteiger charge is 2.18. The molecule has 0 bridgehead atoms. The molecule has 1 aliphatic carbocycles. The predicted octanol–water partition coefficient (Wildman–Crippen LogP) is 4.25. The molecule has 1 aromatic heterocycles. The number of nitrogens with one attached hydrogen (secondary N) is 1. The number of hydrogen-bond acceptors (Lipinski definition) is 4. The van der Waals surface area contributed by atoms with Crippen LogP contribution in [0.5, 0.6) is 0 Å². The molecule has 27 heavy (non-hydrogen) atoms. The summed E-state index contributed by atoms with van der Waals surface area (Å²) in [6.45, 7) is 4.68. The Morgan fingerprint density at radius 3 is 2.78 bits per heavy atom. The van der Waals surface area contributed by atoms with E-state index >= 15 is 0 Å². The summed E-state index contributed by atoms with van der Waals surface area (Å²) in [6, 6.07) is 5.41. The van der Waals surface area contributed by atoms with Crippen LogP contribution in [0.25, 0.3) is 10.9 Å². The number of aromatic nitrogens is 2. The van der Waals surface area contributed by atoms with Gasteiger partial charge in [-0.25, -0.2) is 4.98 Å². The lowest BCUT2D eigenvalue weighted by Crippen LogP contribution is -2.37. The van der Waals surface area contributed by atoms with Gasteiger partial charge in [0, 0.05) is 17.6 Å². The second-order valence-corrected chi connectivity index (χ2v) is 8.94. The molecule has 0 radical (unpaired) electrons. The normalized spacial score (nSPS) is 15.4. The van der Waals surface area contributed by atoms with Crippen LogP contribution in [0.2, 0.25) is 5.02 Å². The molecule has 0 spiro atoms. The SMILES string of the molecule is CC(C)Cn1c(SCC(=O)NC2CCCCC2)nc2cc(Cl)ccc2c1=O. The summed E-state index contributed by atoms with van der Waals surface area (Å²) in [4.78, 5) is 29.9. The number of halogens is 1. The molecule has 1 N–H and O–H groups in total. The Hall–Kier alpha value is -1.53. The minimum atomic E-state index is -0.0828. The number of rotatable bonds is 6. The van der Waals surface area contributed by atoms with E-state index in [1.54, 1.807) is 22.8 Å². The van der Waals surface area contributed by atoms with Crippen molar-refractivity contribution in [3.05, 3.63) is 33.6 Å². The van der Waals surface area contributed by atoms with Crippen LogP contribution >= 0.6 is 23.4 Å². The van der Waals surface area contributed by atoms with E-state index in [1.165, 1.54) is 31.0 Å². The van der Waals surface area contributed by atoms with E-state index in [2.05, 4.69) is 24.1 Å². The molecule has 1 heterocycles. The van der Waals surface area contributed by atoms with Gasteiger partial charge >= 0.3 is 0 Å². The minimum absolute atomic E-state index is 0.00318. The van der Waals surface area contributed by atoms with E-state index < -0.39 is 0 Å². The standard InChI is InChI=1S/C20H26ClN3O2S/c1-13(2)11-24-19(26)16-9-8-14(21)10-17(16)23-20(24)27-12-18(25)22-15-6-4-3-5-7-15/h8-10,13,15H,3-7,11-12H2,1-2H3,(H,22,25). The zero-order chi connectivity index (χ0) is 19.4. The molecule has 1 amide bonds. The van der Waals surface area contributed by atoms with Crippen molar-refractivity contribution in [3.63, 3.8) is 0 Å². The molecule has 1 aliphatic rings. The first-order chi connectivity index (χ1) is 12.9. The van der Waals surface area contributed by atoms with Crippen LogP contribution in [0.1, 0.15) is 46.0 Å². The zero-order valence-electron chi connectivity index (χ0n) is 15.8. The van der Waals surface area contributed by atoms with E-state index in [-0.39, 0.29) is 23.3 Å². The van der Waals surface area contributed by atoms with E-state index in [4.69, 9.17) is 11.6 Å². The maximum atomic E-state index is 12.9. The highest BCUT2D eigenvalue weighted by molar-refractivity contribution is 7.99. The number of thioether (sulfide) groups is 1. The maximum Gasteiger partial charge on any atom is 0.262 e. The van der Waals surface area contributed by atoms with Crippen molar-refractivity contribution in [1.29, 1.82) is 0 Å². The predicted molar refractivity (Wildman–Crippen MR) is 112 cm³/mol. The molecule has 1 saturated carbocycles. The molecular weight excluding hydrogens is 382 g/mol. The van der Waals surface area contributed by atoms with Gasteiger partial charge in [0.05, 0.1) is 16.7 Å². The molecule has 0 unspecified atom stereocenters. The van der Waals surface area contributed by atoms with Crippen LogP contribution < -0.4 is 10.9 Å². The van der Waals surface area contributed by atoms with Gasteiger partial charge in [0.15, 0.2) is 5.16 Å². The summed E-state index contributed by atoms with van der Waals surface area (Å²) in [6.07, 6.45) is 5.73. The van der Waals surface area contributed by atoms with Crippen molar-refractivity contribution in [1.82, 2.24) is 14.9 Å². The highest BCUT2D eigenvalue weighted by Crippen LogP contribution is 2.22. The number of nitrogens with zero attached hydrogens (tertiary/aromatic N) is 2. The van der Waals surface area contributed by atoms with Gasteiger partial charge in [0.25, 0.3) is 5.56 Å². The summed E-state index contributed by atoms with van der Waals surface area (Å²) in [5.74, 6) is 0.556. The van der Waals surface area contributed by atoms with Gasteiger partial charge in [-0.2, -0.15) is 0 Å². The van der Waals surface area contributed by atoms with Gasteiger partial charge in [-0.05, 0) is 37.0 Å². The zero-order valence-corrected chi connectivity index (χ0v) is 17.4. The molecule has 7 heteroatoms. The quantitative estimate of drug-likeness (QED) is 0.574. The molecule has 1 fully saturated rings. The van der Waals surface area contributed by atoms with Crippen molar-refractivity contribution in [2.45, 2.75) is 63.7 Å². The molecule has 0 aliphatic heterocycles. The van der Waals surface area contributed by atoms with Crippen LogP contribution in [-0.4, -0.2) is 27.3 Å². The molecule has 0 atom stereocenters. The summed E-state index contributed by atoms with van der Waals surface area (Å²) < 4.78 is 1.68. The van der Waals surface area contributed by atoms with Crippen LogP contribution in [-0.2, 0) is 11.3 Å². The van der Waals surface area contributed by atoms with Gasteiger partial charge in [-0.3, -0.25) is 14.2 Å². The largest absolute Gasteiger partial charge is 0.353 e. The highest BCUT2D eigenvalue weighted by atomic mass is 35.5. The molecule has 146 valence electrons. The Labute approximate surface area is 168 Å². The molecular formula is C20H26ClN3O2S. The first kappa shape index (κ1) is 20.2. The summed E-state index contributed by atoms with van der Waals surface area (Å²) in [5.41, 5.74) is 0.489. The van der Waals surface area contributed by atoms with Gasteiger partial charge in [-0.1, -0.05) is 56.5 Å². The average molecular weight is 408 g/mol. The fourth-order valence-electron chi connectivity index (χ4n) is 3.46. The van der Waals surface area contributed by atoms with E-state index in [9.17, 15) is 9.59 Å². The van der Waals surface area contributed by atoms with Crippen molar-refractivity contribution >= 4 is 40.2 Å². The first-order valence-electron chi connectivity index (χ1n) is 9.56. The first-order valence-corrected chi connectivity index (χ1v) is 10.9. The maximum absolute atomic E-state index is 12.9. The number of hydrogen-bond donors (Lipinski definition) is 1. The molecule has 2 aromatic rings. The second-order valence-electron chi connectivity index (χ2n) is 7.56. The summed E-state index contributed by atoms with van der Waals surface area (Å²) in [5, 5.41) is 4.78. The van der Waals surface area contributed by atoms with E-state index in [0.717, 1.165) is 12.8 Å². The van der Waals surface area contributed by atoms with Gasteiger partial charge in [0.1, 0.15) is 0 Å². The Morgan fingerprint density at radius 1 is 1.33 bits per heavy atom. The third-order valence-corrected chi connectivity index (χ3v) is 5.94. The van der Waals surface area contributed by atoms with Crippen LogP contribution in [0.3, 0.4) is 0 Å². The number of fused-ring (bicyclic) bond motifs is 1. The smallest absolute Gasteiger partial charge is 0.262 e. The van der Waals surface area contributed by atoms with Crippen LogP contribution in [0.15, 0.2) is 28.2 Å². The Bertz CT molecular complexity index is 875. The minimum Gasteiger partial charge on any atom is -0.353 e. The lowest BCUT2D eigenvalue weighted by atomic mass is 9.95. The second kappa shape index (κ2) is 9.11. The molecule has 3 rings (SSSR count). The Balaban J connectivity index is 1.80. The molecule has 1 aromatic carbocycles. The third-order valence-electron chi connectivity index (χ3n) is 4.73. The van der Waals surface area contributed by atoms with Crippen molar-refractivity contribution in [2.24, 2.45) is 5.92 Å². The fraction of sp³-hybridized carbons (Fsp3) is 0.550. The van der Waals surface area contributed by atoms with E-state index in [1.807, 2.05) is 0 Å². The number of carbonyl (C=O) groups excluding carboxylic acids is 1. The lowest BCUT2D eigenvalue weighted by Gasteiger charge is -2.22. The number of benzene rings is 1. The molecule has 0 saturated heterocycles. The Morgan fingerprint density at radius 2 is 2.07 bits per heavy atom. The van der Waals surface area contributed by atoms with Gasteiger partial charge < -0.3 is 5.32 Å². The van der Waals surface area contributed by atoms with Crippen molar-refractivity contribution < 1.29 is 4.79 Å². The topological polar surface area (TPSA) is 64.0 Å². The summed E-state index contributed by atoms with van der Waals surface area (Å²) >= 11 is 7.38. The number of amides is 1. The van der Waals surface area contributed by atoms with Crippen molar-refractivity contribution in [3.8, 4) is 0 Å². The number of carbonyl (C=O) groups is 1. The lowest BCUT2D eigenvalue weighted by molar-refractivity contribution is -0.119. The van der Waals surface area contributed by atoms with Gasteiger partial charge in [0.2, 0.25) is 5.91 Å². The van der Waals surface area contributed by atoms with Crippen LogP contribution in [0.4, 0.5) is 0 Å². The average Bonchev–Trinajstić information content (AvgIpc) is 2.63. The van der Waals surface area contributed by atoms with E-state index in [0.29, 0.717) is 33.5 Å². The van der Waals surface area contributed by atoms with Gasteiger partial charge in [-0.15, -0.1) is 0 Å². The monoisotopic (exact) mass is 407 g/mol. The summed E-state index contributed by atoms with van der Waals surface area (Å²) in [7, 11) is 0. The fourth-order valence-corrected chi connectivity index (χ4v) is 4.44. The Kier molecular flexibility index (Phi) is 6.82. The van der Waals surface area contributed by atoms with Crippen LogP contribution in [0, 0.1) is 5.92 Å². The third kappa shape index (κ3) is 5.26.